The van der Waals surface area contributed by atoms with Crippen LogP contribution in [0.4, 0.5) is 17.7 Å². The van der Waals surface area contributed by atoms with Gasteiger partial charge in [-0.15, -0.1) is 0 Å². The number of hydrogen-bond donors (Lipinski definition) is 10. The summed E-state index contributed by atoms with van der Waals surface area (Å²) in [7, 11) is -13.8. The van der Waals surface area contributed by atoms with Gasteiger partial charge in [0.05, 0.1) is 45.6 Å². The van der Waals surface area contributed by atoms with E-state index in [2.05, 4.69) is 48.5 Å². The monoisotopic (exact) mass is 1140 g/mol. The lowest BCUT2D eigenvalue weighted by molar-refractivity contribution is -0.646. The first-order chi connectivity index (χ1) is 36.0. The number of phosphoric acid groups is 3. The summed E-state index contributed by atoms with van der Waals surface area (Å²) in [4.78, 5) is 88.2. The number of methoxy groups -OCH3 is 2. The molecule has 0 saturated carbocycles. The number of rotatable bonds is 22. The number of aliphatic hydroxyl groups is 3. The average Bonchev–Trinajstić information content (AvgIpc) is 4.22. The van der Waals surface area contributed by atoms with Gasteiger partial charge in [0.25, 0.3) is 24.5 Å². The standard InChI is InChI=1S/C36H50N15O22P3/c1-48-12-51(29-20(48)31(56)47-36(39)45-29)32-21(52)14(4-5-63-2)15(69-32)7-67-74(57,58)72-76(61,62)73-75(59,60)68-8-17-24(25(64-3)34(71-17)49-10-42-18-26(37)40-9-41-27(18)49)66-13-65-6-16-22(53)23(54)33(70-16)50-11-43-19-28(50)44-35(38)46-30(19)55/h9-12,14-17,21-25,32-34,52-54H,4-8,13H2,1-3H3,(H10-,37,38,39,40,41,44,45,46,47,55,56,57,58,59,60,61,62)/t14-,15-,16-,17?,21-,22-,23-,24-,25-,32-,33-,34-/m1/s1. The first kappa shape index (κ1) is 55.4. The molecule has 40 heteroatoms. The Morgan fingerprint density at radius 3 is 2.11 bits per heavy atom. The van der Waals surface area contributed by atoms with Gasteiger partial charge in [0.1, 0.15) is 61.4 Å². The fourth-order valence-electron chi connectivity index (χ4n) is 8.99. The minimum atomic E-state index is -6.14. The van der Waals surface area contributed by atoms with Crippen LogP contribution >= 0.6 is 23.5 Å². The second kappa shape index (κ2) is 21.8. The summed E-state index contributed by atoms with van der Waals surface area (Å²) in [6.07, 6.45) is -9.82. The smallest absolute Gasteiger partial charge is 0.487 e. The summed E-state index contributed by atoms with van der Waals surface area (Å²) in [6.45, 7) is -3.00. The Hall–Kier alpha value is -5.34. The molecule has 0 bridgehead atoms. The largest absolute Gasteiger partial charge is 0.756 e. The summed E-state index contributed by atoms with van der Waals surface area (Å²) >= 11 is 0. The number of nitrogen functional groups attached to an aromatic ring is 3. The van der Waals surface area contributed by atoms with Gasteiger partial charge in [-0.2, -0.15) is 18.8 Å². The maximum absolute atomic E-state index is 13.3. The van der Waals surface area contributed by atoms with Gasteiger partial charge < -0.3 is 84.9 Å². The van der Waals surface area contributed by atoms with Crippen molar-refractivity contribution in [3.05, 3.63) is 46.0 Å². The number of H-pyrrole nitrogens is 2. The molecular formula is C36H50N15O22P3. The highest BCUT2D eigenvalue weighted by atomic mass is 31.3. The van der Waals surface area contributed by atoms with Crippen molar-refractivity contribution in [2.75, 3.05) is 64.6 Å². The van der Waals surface area contributed by atoms with Gasteiger partial charge in [-0.3, -0.25) is 37.8 Å². The molecule has 3 saturated heterocycles. The van der Waals surface area contributed by atoms with E-state index in [4.69, 9.17) is 59.4 Å². The summed E-state index contributed by atoms with van der Waals surface area (Å²) < 4.78 is 104. The van der Waals surface area contributed by atoms with Crippen molar-refractivity contribution in [3.63, 3.8) is 0 Å². The number of ether oxygens (including phenoxy) is 7. The third-order valence-corrected chi connectivity index (χ3v) is 16.6. The molecular weight excluding hydrogens is 1090 g/mol. The molecule has 37 nitrogen and oxygen atoms in total. The Kier molecular flexibility index (Phi) is 15.9. The highest BCUT2D eigenvalue weighted by Gasteiger charge is 2.51. The van der Waals surface area contributed by atoms with Crippen molar-refractivity contribution in [3.8, 4) is 0 Å². The zero-order valence-electron chi connectivity index (χ0n) is 39.7. The van der Waals surface area contributed by atoms with Crippen LogP contribution in [0.5, 0.6) is 0 Å². The molecule has 9 rings (SSSR count). The number of nitrogens with one attached hydrogen (secondary N) is 2. The fourth-order valence-corrected chi connectivity index (χ4v) is 12.5. The molecule has 0 spiro atoms. The highest BCUT2D eigenvalue weighted by Crippen LogP contribution is 2.67. The number of aryl methyl sites for hydroxylation is 1. The summed E-state index contributed by atoms with van der Waals surface area (Å²) in [5.41, 5.74) is 16.4. The van der Waals surface area contributed by atoms with Crippen molar-refractivity contribution >= 4 is 74.7 Å². The van der Waals surface area contributed by atoms with Gasteiger partial charge in [-0.1, -0.05) is 0 Å². The quantitative estimate of drug-likeness (QED) is 0.0133. The maximum atomic E-state index is 13.3. The van der Waals surface area contributed by atoms with E-state index in [1.165, 1.54) is 52.2 Å². The number of nitrogens with two attached hydrogens (primary N) is 3. The molecule has 4 unspecified atom stereocenters. The van der Waals surface area contributed by atoms with E-state index >= 15 is 0 Å². The van der Waals surface area contributed by atoms with Gasteiger partial charge >= 0.3 is 21.2 Å². The van der Waals surface area contributed by atoms with Crippen molar-refractivity contribution in [1.82, 2.24) is 53.6 Å². The fraction of sp³-hybridized carbons (Fsp3) is 0.583. The van der Waals surface area contributed by atoms with Crippen molar-refractivity contribution in [2.24, 2.45) is 13.0 Å². The molecule has 0 amide bonds. The number of aromatic nitrogens is 12. The van der Waals surface area contributed by atoms with E-state index in [0.29, 0.717) is 0 Å². The van der Waals surface area contributed by atoms with Gasteiger partial charge in [-0.25, -0.2) is 37.9 Å². The zero-order valence-corrected chi connectivity index (χ0v) is 42.4. The van der Waals surface area contributed by atoms with Crippen LogP contribution in [0.2, 0.25) is 0 Å². The molecule has 0 aliphatic carbocycles. The van der Waals surface area contributed by atoms with Crippen molar-refractivity contribution in [1.29, 1.82) is 0 Å². The predicted octanol–water partition coefficient (Wildman–Crippen LogP) is -4.19. The Morgan fingerprint density at radius 2 is 1.38 bits per heavy atom. The first-order valence-electron chi connectivity index (χ1n) is 22.3. The van der Waals surface area contributed by atoms with Crippen LogP contribution in [0.3, 0.4) is 0 Å². The van der Waals surface area contributed by atoms with Crippen LogP contribution in [-0.2, 0) is 71.6 Å². The number of anilines is 3. The Labute approximate surface area is 424 Å². The summed E-state index contributed by atoms with van der Waals surface area (Å²) in [6, 6.07) is 0. The molecule has 3 aliphatic heterocycles. The number of aromatic amines is 2. The van der Waals surface area contributed by atoms with E-state index in [1.807, 2.05) is 0 Å². The van der Waals surface area contributed by atoms with Crippen LogP contribution < -0.4 is 37.8 Å². The molecule has 13 N–H and O–H groups in total. The molecule has 0 aromatic carbocycles. The molecule has 416 valence electrons. The predicted molar refractivity (Wildman–Crippen MR) is 246 cm³/mol. The lowest BCUT2D eigenvalue weighted by Crippen LogP contribution is -2.39. The normalized spacial score (nSPS) is 29.4. The van der Waals surface area contributed by atoms with E-state index in [9.17, 15) is 53.3 Å². The average molecular weight is 1140 g/mol. The minimum Gasteiger partial charge on any atom is -0.756 e. The molecule has 76 heavy (non-hydrogen) atoms. The molecule has 6 aromatic rings. The third kappa shape index (κ3) is 11.2. The second-order valence-corrected chi connectivity index (χ2v) is 21.8. The number of fused-ring (bicyclic) bond motifs is 3. The molecule has 15 atom stereocenters. The topological polar surface area (TPSA) is 517 Å². The van der Waals surface area contributed by atoms with Crippen LogP contribution in [0.15, 0.2) is 34.9 Å². The van der Waals surface area contributed by atoms with E-state index in [0.717, 1.165) is 12.7 Å². The van der Waals surface area contributed by atoms with Gasteiger partial charge in [-0.05, 0) is 6.42 Å². The number of phosphoric ester groups is 2. The molecule has 9 heterocycles. The molecule has 3 fully saturated rings. The van der Waals surface area contributed by atoms with E-state index < -0.39 is 135 Å². The number of nitrogens with zero attached hydrogens (tertiary/aromatic N) is 10. The summed E-state index contributed by atoms with van der Waals surface area (Å²) in [5.74, 6) is -1.41. The Balaban J connectivity index is 0.846. The maximum Gasteiger partial charge on any atom is 0.487 e. The van der Waals surface area contributed by atoms with Gasteiger partial charge in [0, 0.05) is 26.7 Å². The van der Waals surface area contributed by atoms with Crippen molar-refractivity contribution < 1.29 is 99.1 Å². The SMILES string of the molecule is COCC[C@H]1[C@@H](O)[C@H](n2c[n+](C)c3c(=O)[nH]c(N)nc32)O[C@@H]1COP(=O)([O-])OP(=O)(O)OP(=O)(O)OCC1O[C@@H](n2cnc3c(N)ncnc32)[C@H](OC)[C@@H]1OCOC[C@H]1O[C@@H](n2cnc3c(=O)[nH]c(N)nc32)[C@H](O)[C@@H]1O. The highest BCUT2D eigenvalue weighted by molar-refractivity contribution is 7.66. The van der Waals surface area contributed by atoms with Crippen LogP contribution in [0, 0.1) is 5.92 Å². The van der Waals surface area contributed by atoms with Crippen LogP contribution in [0.1, 0.15) is 25.1 Å². The number of aliphatic hydroxyl groups excluding tert-OH is 3. The molecule has 0 radical (unpaired) electrons. The lowest BCUT2D eigenvalue weighted by Gasteiger charge is -2.27. The number of imidazole rings is 3. The second-order valence-electron chi connectivity index (χ2n) is 17.2. The first-order valence-corrected chi connectivity index (χ1v) is 26.8. The van der Waals surface area contributed by atoms with Gasteiger partial charge in [0.2, 0.25) is 24.5 Å². The molecule has 6 aromatic heterocycles. The van der Waals surface area contributed by atoms with Crippen LogP contribution in [0.25, 0.3) is 33.5 Å². The van der Waals surface area contributed by atoms with Gasteiger partial charge in [0.15, 0.2) is 35.1 Å². The van der Waals surface area contributed by atoms with Crippen molar-refractivity contribution in [2.45, 2.75) is 73.9 Å². The Bertz CT molecular complexity index is 3360. The van der Waals surface area contributed by atoms with Crippen LogP contribution in [-0.4, -0.2) is 175 Å². The number of hydrogen-bond acceptors (Lipinski definition) is 29. The Morgan fingerprint density at radius 1 is 0.737 bits per heavy atom. The van der Waals surface area contributed by atoms with E-state index in [1.54, 1.807) is 0 Å². The van der Waals surface area contributed by atoms with E-state index in [-0.39, 0.29) is 64.2 Å². The third-order valence-electron chi connectivity index (χ3n) is 12.4. The molecule has 3 aliphatic rings. The lowest BCUT2D eigenvalue weighted by atomic mass is 9.95. The minimum absolute atomic E-state index is 0.00295. The summed E-state index contributed by atoms with van der Waals surface area (Å²) in [5, 5.41) is 33.1. The zero-order chi connectivity index (χ0) is 54.6.